The lowest BCUT2D eigenvalue weighted by Gasteiger charge is -2.25. The Morgan fingerprint density at radius 3 is 3.00 bits per heavy atom. The van der Waals surface area contributed by atoms with E-state index in [1.54, 1.807) is 0 Å². The van der Waals surface area contributed by atoms with E-state index in [-0.39, 0.29) is 24.2 Å². The van der Waals surface area contributed by atoms with Crippen molar-refractivity contribution in [3.8, 4) is 0 Å². The number of benzene rings is 1. The van der Waals surface area contributed by atoms with Gasteiger partial charge in [-0.2, -0.15) is 0 Å². The number of ketones is 1. The summed E-state index contributed by atoms with van der Waals surface area (Å²) in [6.07, 6.45) is 0.519. The summed E-state index contributed by atoms with van der Waals surface area (Å²) in [5, 5.41) is 6.19. The van der Waals surface area contributed by atoms with Gasteiger partial charge in [0.25, 0.3) is 0 Å². The number of hydrogen-bond donors (Lipinski definition) is 2. The molecule has 5 nitrogen and oxygen atoms in total. The van der Waals surface area contributed by atoms with Crippen LogP contribution in [0.4, 0.5) is 11.4 Å². The zero-order valence-electron chi connectivity index (χ0n) is 10.4. The lowest BCUT2D eigenvalue weighted by molar-refractivity contribution is -0.140. The molecule has 1 unspecified atom stereocenters. The molecular formula is C13H16N2O3. The SMILES string of the molecule is CNc1ccc2c(c1)C(=O)CC(CC(=O)OC)N2. The average molecular weight is 248 g/mol. The highest BCUT2D eigenvalue weighted by Gasteiger charge is 2.26. The second-order valence-corrected chi connectivity index (χ2v) is 4.26. The molecule has 0 fully saturated rings. The first kappa shape index (κ1) is 12.4. The molecule has 0 spiro atoms. The largest absolute Gasteiger partial charge is 0.469 e. The predicted octanol–water partition coefficient (Wildman–Crippen LogP) is 1.66. The van der Waals surface area contributed by atoms with Gasteiger partial charge in [-0.15, -0.1) is 0 Å². The molecule has 0 bridgehead atoms. The van der Waals surface area contributed by atoms with Gasteiger partial charge in [-0.25, -0.2) is 0 Å². The molecule has 1 atom stereocenters. The van der Waals surface area contributed by atoms with Crippen molar-refractivity contribution in [2.24, 2.45) is 0 Å². The van der Waals surface area contributed by atoms with Gasteiger partial charge in [0.15, 0.2) is 5.78 Å². The number of nitrogens with one attached hydrogen (secondary N) is 2. The summed E-state index contributed by atoms with van der Waals surface area (Å²) in [6.45, 7) is 0. The van der Waals surface area contributed by atoms with Crippen LogP contribution in [0.25, 0.3) is 0 Å². The Balaban J connectivity index is 2.19. The molecule has 1 aromatic rings. The predicted molar refractivity (Wildman–Crippen MR) is 69.0 cm³/mol. The van der Waals surface area contributed by atoms with E-state index in [2.05, 4.69) is 15.4 Å². The number of carbonyl (C=O) groups excluding carboxylic acids is 2. The molecule has 2 rings (SSSR count). The van der Waals surface area contributed by atoms with Crippen molar-refractivity contribution in [1.29, 1.82) is 0 Å². The Bertz CT molecular complexity index is 485. The van der Waals surface area contributed by atoms with Crippen LogP contribution in [0.15, 0.2) is 18.2 Å². The third kappa shape index (κ3) is 2.45. The van der Waals surface area contributed by atoms with Gasteiger partial charge in [-0.3, -0.25) is 9.59 Å². The molecule has 0 saturated carbocycles. The first-order chi connectivity index (χ1) is 8.63. The first-order valence-corrected chi connectivity index (χ1v) is 5.82. The number of rotatable bonds is 3. The van der Waals surface area contributed by atoms with Crippen LogP contribution in [0.2, 0.25) is 0 Å². The van der Waals surface area contributed by atoms with Crippen LogP contribution in [0, 0.1) is 0 Å². The van der Waals surface area contributed by atoms with Crippen molar-refractivity contribution >= 4 is 23.1 Å². The van der Waals surface area contributed by atoms with Gasteiger partial charge < -0.3 is 15.4 Å². The molecule has 0 amide bonds. The number of carbonyl (C=O) groups is 2. The maximum Gasteiger partial charge on any atom is 0.307 e. The van der Waals surface area contributed by atoms with E-state index in [1.807, 2.05) is 25.2 Å². The van der Waals surface area contributed by atoms with Gasteiger partial charge in [0, 0.05) is 36.4 Å². The molecule has 18 heavy (non-hydrogen) atoms. The van der Waals surface area contributed by atoms with Gasteiger partial charge in [-0.05, 0) is 18.2 Å². The summed E-state index contributed by atoms with van der Waals surface area (Å²) >= 11 is 0. The summed E-state index contributed by atoms with van der Waals surface area (Å²) < 4.78 is 4.61. The highest BCUT2D eigenvalue weighted by atomic mass is 16.5. The summed E-state index contributed by atoms with van der Waals surface area (Å²) in [5.74, 6) is -0.259. The van der Waals surface area contributed by atoms with Crippen LogP contribution in [-0.4, -0.2) is 32.0 Å². The molecule has 1 aliphatic rings. The van der Waals surface area contributed by atoms with E-state index in [0.29, 0.717) is 12.0 Å². The molecule has 5 heteroatoms. The third-order valence-electron chi connectivity index (χ3n) is 3.04. The number of ether oxygens (including phenoxy) is 1. The molecule has 2 N–H and O–H groups in total. The number of hydrogen-bond acceptors (Lipinski definition) is 5. The monoisotopic (exact) mass is 248 g/mol. The molecule has 0 saturated heterocycles. The molecule has 1 heterocycles. The third-order valence-corrected chi connectivity index (χ3v) is 3.04. The van der Waals surface area contributed by atoms with Gasteiger partial charge in [-0.1, -0.05) is 0 Å². The van der Waals surface area contributed by atoms with Crippen LogP contribution in [0.3, 0.4) is 0 Å². The van der Waals surface area contributed by atoms with E-state index in [1.165, 1.54) is 7.11 Å². The quantitative estimate of drug-likeness (QED) is 0.796. The van der Waals surface area contributed by atoms with Crippen molar-refractivity contribution < 1.29 is 14.3 Å². The van der Waals surface area contributed by atoms with E-state index < -0.39 is 0 Å². The fraction of sp³-hybridized carbons (Fsp3) is 0.385. The molecule has 0 aromatic heterocycles. The number of fused-ring (bicyclic) bond motifs is 1. The average Bonchev–Trinajstić information content (AvgIpc) is 2.38. The molecule has 0 radical (unpaired) electrons. The Morgan fingerprint density at radius 2 is 2.33 bits per heavy atom. The van der Waals surface area contributed by atoms with Gasteiger partial charge in [0.05, 0.1) is 13.5 Å². The number of methoxy groups -OCH3 is 1. The Hall–Kier alpha value is -2.04. The fourth-order valence-corrected chi connectivity index (χ4v) is 2.07. The highest BCUT2D eigenvalue weighted by Crippen LogP contribution is 2.28. The van der Waals surface area contributed by atoms with Crippen LogP contribution in [0.1, 0.15) is 23.2 Å². The smallest absolute Gasteiger partial charge is 0.307 e. The summed E-state index contributed by atoms with van der Waals surface area (Å²) in [7, 11) is 3.16. The van der Waals surface area contributed by atoms with Crippen LogP contribution < -0.4 is 10.6 Å². The minimum atomic E-state index is -0.310. The second-order valence-electron chi connectivity index (χ2n) is 4.26. The zero-order chi connectivity index (χ0) is 13.1. The van der Waals surface area contributed by atoms with E-state index >= 15 is 0 Å². The van der Waals surface area contributed by atoms with E-state index in [4.69, 9.17) is 0 Å². The Labute approximate surface area is 106 Å². The van der Waals surface area contributed by atoms with E-state index in [0.717, 1.165) is 11.4 Å². The maximum absolute atomic E-state index is 12.0. The number of anilines is 2. The molecule has 1 aromatic carbocycles. The second kappa shape index (κ2) is 5.08. The number of esters is 1. The standard InChI is InChI=1S/C13H16N2O3/c1-14-8-3-4-11-10(5-8)12(16)6-9(15-11)7-13(17)18-2/h3-5,9,14-15H,6-7H2,1-2H3. The van der Waals surface area contributed by atoms with Gasteiger partial charge in [0.1, 0.15) is 0 Å². The lowest BCUT2D eigenvalue weighted by Crippen LogP contribution is -2.31. The van der Waals surface area contributed by atoms with Crippen molar-refractivity contribution in [2.75, 3.05) is 24.8 Å². The van der Waals surface area contributed by atoms with Crippen molar-refractivity contribution in [3.63, 3.8) is 0 Å². The minimum absolute atomic E-state index is 0.0507. The Kier molecular flexibility index (Phi) is 3.50. The molecular weight excluding hydrogens is 232 g/mol. The molecule has 1 aliphatic heterocycles. The van der Waals surface area contributed by atoms with Crippen LogP contribution >= 0.6 is 0 Å². The maximum atomic E-state index is 12.0. The normalized spacial score (nSPS) is 17.7. The van der Waals surface area contributed by atoms with Gasteiger partial charge >= 0.3 is 5.97 Å². The van der Waals surface area contributed by atoms with Crippen molar-refractivity contribution in [2.45, 2.75) is 18.9 Å². The first-order valence-electron chi connectivity index (χ1n) is 5.82. The highest BCUT2D eigenvalue weighted by molar-refractivity contribution is 6.04. The topological polar surface area (TPSA) is 67.4 Å². The summed E-state index contributed by atoms with van der Waals surface area (Å²) in [4.78, 5) is 23.2. The minimum Gasteiger partial charge on any atom is -0.469 e. The summed E-state index contributed by atoms with van der Waals surface area (Å²) in [5.41, 5.74) is 2.34. The Morgan fingerprint density at radius 1 is 1.56 bits per heavy atom. The lowest BCUT2D eigenvalue weighted by atomic mass is 9.94. The molecule has 96 valence electrons. The zero-order valence-corrected chi connectivity index (χ0v) is 10.4. The summed E-state index contributed by atoms with van der Waals surface area (Å²) in [6, 6.07) is 5.37. The van der Waals surface area contributed by atoms with Crippen molar-refractivity contribution in [3.05, 3.63) is 23.8 Å². The molecule has 0 aliphatic carbocycles. The van der Waals surface area contributed by atoms with E-state index in [9.17, 15) is 9.59 Å². The van der Waals surface area contributed by atoms with Crippen molar-refractivity contribution in [1.82, 2.24) is 0 Å². The fourth-order valence-electron chi connectivity index (χ4n) is 2.07. The van der Waals surface area contributed by atoms with Crippen LogP contribution in [-0.2, 0) is 9.53 Å². The van der Waals surface area contributed by atoms with Gasteiger partial charge in [0.2, 0.25) is 0 Å². The van der Waals surface area contributed by atoms with Crippen LogP contribution in [0.5, 0.6) is 0 Å². The number of Topliss-reactive ketones (excluding diaryl/α,β-unsaturated/α-hetero) is 1.